The number of nitrogens with one attached hydrogen (secondary N) is 1. The summed E-state index contributed by atoms with van der Waals surface area (Å²) in [6, 6.07) is 22.1. The first-order valence-electron chi connectivity index (χ1n) is 9.45. The summed E-state index contributed by atoms with van der Waals surface area (Å²) >= 11 is 6.50. The molecule has 30 heavy (non-hydrogen) atoms. The number of aromatic nitrogens is 2. The van der Waals surface area contributed by atoms with Crippen molar-refractivity contribution in [1.29, 1.82) is 0 Å². The molecular formula is C24H20ClN3O2. The predicted molar refractivity (Wildman–Crippen MR) is 117 cm³/mol. The number of carbonyl (C=O) groups excluding carboxylic acids is 1. The molecule has 4 aromatic rings. The number of halogens is 1. The largest absolute Gasteiger partial charge is 0.496 e. The van der Waals surface area contributed by atoms with E-state index < -0.39 is 6.04 Å². The molecule has 4 rings (SSSR count). The van der Waals surface area contributed by atoms with Crippen LogP contribution in [0, 0.1) is 0 Å². The minimum atomic E-state index is -0.410. The molecule has 150 valence electrons. The minimum absolute atomic E-state index is 0.299. The van der Waals surface area contributed by atoms with Gasteiger partial charge in [0.1, 0.15) is 5.75 Å². The molecule has 1 N–H and O–H groups in total. The molecule has 0 aliphatic heterocycles. The van der Waals surface area contributed by atoms with E-state index in [0.717, 1.165) is 16.9 Å². The van der Waals surface area contributed by atoms with Crippen molar-refractivity contribution >= 4 is 17.5 Å². The molecule has 5 nitrogen and oxygen atoms in total. The number of ether oxygens (including phenoxy) is 1. The Morgan fingerprint density at radius 1 is 1.03 bits per heavy atom. The molecule has 1 unspecified atom stereocenters. The first kappa shape index (κ1) is 19.7. The lowest BCUT2D eigenvalue weighted by Crippen LogP contribution is -2.30. The van der Waals surface area contributed by atoms with Crippen LogP contribution in [-0.4, -0.2) is 22.6 Å². The summed E-state index contributed by atoms with van der Waals surface area (Å²) in [4.78, 5) is 17.7. The maximum Gasteiger partial charge on any atom is 0.255 e. The molecule has 1 atom stereocenters. The van der Waals surface area contributed by atoms with Gasteiger partial charge in [-0.15, -0.1) is 0 Å². The van der Waals surface area contributed by atoms with Crippen LogP contribution < -0.4 is 10.1 Å². The third-order valence-corrected chi connectivity index (χ3v) is 5.09. The Labute approximate surface area is 179 Å². The number of pyridine rings is 1. The van der Waals surface area contributed by atoms with Crippen LogP contribution in [0.5, 0.6) is 5.75 Å². The van der Waals surface area contributed by atoms with E-state index in [1.54, 1.807) is 18.3 Å². The van der Waals surface area contributed by atoms with Gasteiger partial charge in [0.2, 0.25) is 0 Å². The highest BCUT2D eigenvalue weighted by Gasteiger charge is 2.22. The molecule has 0 saturated carbocycles. The molecule has 2 aromatic carbocycles. The van der Waals surface area contributed by atoms with Gasteiger partial charge < -0.3 is 14.6 Å². The SMILES string of the molecule is COc1cc(-n2cccc2)c(Cl)cc1C(=O)NC(c1ccccc1)c1ccccn1. The van der Waals surface area contributed by atoms with Gasteiger partial charge in [-0.2, -0.15) is 0 Å². The van der Waals surface area contributed by atoms with Gasteiger partial charge in [0.25, 0.3) is 5.91 Å². The Bertz CT molecular complexity index is 1090. The maximum absolute atomic E-state index is 13.2. The van der Waals surface area contributed by atoms with Gasteiger partial charge in [-0.3, -0.25) is 9.78 Å². The van der Waals surface area contributed by atoms with Crippen LogP contribution in [0.25, 0.3) is 5.69 Å². The zero-order valence-electron chi connectivity index (χ0n) is 16.3. The summed E-state index contributed by atoms with van der Waals surface area (Å²) in [5.41, 5.74) is 2.76. The maximum atomic E-state index is 13.2. The Morgan fingerprint density at radius 3 is 2.43 bits per heavy atom. The predicted octanol–water partition coefficient (Wildman–Crippen LogP) is 5.05. The van der Waals surface area contributed by atoms with E-state index in [2.05, 4.69) is 10.3 Å². The fourth-order valence-corrected chi connectivity index (χ4v) is 3.57. The van der Waals surface area contributed by atoms with Crippen molar-refractivity contribution in [2.45, 2.75) is 6.04 Å². The second-order valence-corrected chi connectivity index (χ2v) is 7.07. The standard InChI is InChI=1S/C24H20ClN3O2/c1-30-22-16-21(28-13-7-8-14-28)19(25)15-18(22)24(29)27-23(17-9-3-2-4-10-17)20-11-5-6-12-26-20/h2-16,23H,1H3,(H,27,29). The lowest BCUT2D eigenvalue weighted by atomic mass is 10.0. The number of hydrogen-bond acceptors (Lipinski definition) is 3. The molecule has 0 radical (unpaired) electrons. The van der Waals surface area contributed by atoms with Gasteiger partial charge in [0.05, 0.1) is 35.1 Å². The molecule has 1 amide bonds. The monoisotopic (exact) mass is 417 g/mol. The zero-order valence-corrected chi connectivity index (χ0v) is 17.1. The molecule has 0 aliphatic carbocycles. The van der Waals surface area contributed by atoms with Crippen molar-refractivity contribution in [3.8, 4) is 11.4 Å². The Balaban J connectivity index is 1.70. The average Bonchev–Trinajstić information content (AvgIpc) is 3.33. The molecule has 0 bridgehead atoms. The number of methoxy groups -OCH3 is 1. The van der Waals surface area contributed by atoms with E-state index in [9.17, 15) is 4.79 Å². The molecule has 2 aromatic heterocycles. The van der Waals surface area contributed by atoms with Crippen molar-refractivity contribution in [3.05, 3.63) is 113 Å². The summed E-state index contributed by atoms with van der Waals surface area (Å²) in [6.45, 7) is 0. The van der Waals surface area contributed by atoms with E-state index in [4.69, 9.17) is 16.3 Å². The quantitative estimate of drug-likeness (QED) is 0.477. The lowest BCUT2D eigenvalue weighted by Gasteiger charge is -2.20. The third kappa shape index (κ3) is 4.07. The third-order valence-electron chi connectivity index (χ3n) is 4.79. The van der Waals surface area contributed by atoms with Crippen LogP contribution >= 0.6 is 11.6 Å². The van der Waals surface area contributed by atoms with Crippen LogP contribution in [0.1, 0.15) is 27.7 Å². The molecule has 0 fully saturated rings. The first-order valence-corrected chi connectivity index (χ1v) is 9.83. The fourth-order valence-electron chi connectivity index (χ4n) is 3.31. The highest BCUT2D eigenvalue weighted by atomic mass is 35.5. The number of rotatable bonds is 6. The molecular weight excluding hydrogens is 398 g/mol. The van der Waals surface area contributed by atoms with Gasteiger partial charge in [0.15, 0.2) is 0 Å². The number of nitrogens with zero attached hydrogens (tertiary/aromatic N) is 2. The van der Waals surface area contributed by atoms with E-state index in [-0.39, 0.29) is 5.91 Å². The van der Waals surface area contributed by atoms with Gasteiger partial charge in [-0.1, -0.05) is 48.0 Å². The van der Waals surface area contributed by atoms with Crippen molar-refractivity contribution in [3.63, 3.8) is 0 Å². The highest BCUT2D eigenvalue weighted by Crippen LogP contribution is 2.31. The summed E-state index contributed by atoms with van der Waals surface area (Å²) < 4.78 is 7.37. The zero-order chi connectivity index (χ0) is 20.9. The van der Waals surface area contributed by atoms with Crippen molar-refractivity contribution in [1.82, 2.24) is 14.9 Å². The van der Waals surface area contributed by atoms with Crippen LogP contribution in [0.2, 0.25) is 5.02 Å². The second-order valence-electron chi connectivity index (χ2n) is 6.67. The summed E-state index contributed by atoms with van der Waals surface area (Å²) in [5, 5.41) is 3.53. The van der Waals surface area contributed by atoms with Crippen LogP contribution in [0.4, 0.5) is 0 Å². The molecule has 0 spiro atoms. The van der Waals surface area contributed by atoms with Crippen LogP contribution in [-0.2, 0) is 0 Å². The molecule has 0 aliphatic rings. The van der Waals surface area contributed by atoms with Crippen molar-refractivity contribution in [2.75, 3.05) is 7.11 Å². The van der Waals surface area contributed by atoms with Crippen molar-refractivity contribution < 1.29 is 9.53 Å². The smallest absolute Gasteiger partial charge is 0.255 e. The van der Waals surface area contributed by atoms with Crippen LogP contribution in [0.15, 0.2) is 91.4 Å². The van der Waals surface area contributed by atoms with Gasteiger partial charge in [-0.25, -0.2) is 0 Å². The first-order chi connectivity index (χ1) is 14.7. The topological polar surface area (TPSA) is 56.1 Å². The van der Waals surface area contributed by atoms with Crippen LogP contribution in [0.3, 0.4) is 0 Å². The fraction of sp³-hybridized carbons (Fsp3) is 0.0833. The summed E-state index contributed by atoms with van der Waals surface area (Å²) in [6.07, 6.45) is 5.47. The number of carbonyl (C=O) groups is 1. The summed E-state index contributed by atoms with van der Waals surface area (Å²) in [7, 11) is 1.53. The number of amides is 1. The summed E-state index contributed by atoms with van der Waals surface area (Å²) in [5.74, 6) is 0.140. The number of hydrogen-bond donors (Lipinski definition) is 1. The van der Waals surface area contributed by atoms with Crippen molar-refractivity contribution in [2.24, 2.45) is 0 Å². The van der Waals surface area contributed by atoms with E-state index in [1.165, 1.54) is 7.11 Å². The highest BCUT2D eigenvalue weighted by molar-refractivity contribution is 6.33. The molecule has 2 heterocycles. The molecule has 0 saturated heterocycles. The average molecular weight is 418 g/mol. The minimum Gasteiger partial charge on any atom is -0.496 e. The van der Waals surface area contributed by atoms with Gasteiger partial charge >= 0.3 is 0 Å². The van der Waals surface area contributed by atoms with Gasteiger partial charge in [-0.05, 0) is 35.9 Å². The van der Waals surface area contributed by atoms with E-state index in [1.807, 2.05) is 77.6 Å². The number of benzene rings is 2. The Hall–Kier alpha value is -3.57. The Kier molecular flexibility index (Phi) is 5.82. The van der Waals surface area contributed by atoms with Gasteiger partial charge in [0, 0.05) is 24.7 Å². The molecule has 6 heteroatoms. The van der Waals surface area contributed by atoms with E-state index >= 15 is 0 Å². The second kappa shape index (κ2) is 8.84. The normalized spacial score (nSPS) is 11.7. The van der Waals surface area contributed by atoms with E-state index in [0.29, 0.717) is 16.3 Å². The lowest BCUT2D eigenvalue weighted by molar-refractivity contribution is 0.0939. The Morgan fingerprint density at radius 2 is 1.77 bits per heavy atom.